The molecule has 29 heavy (non-hydrogen) atoms. The molecule has 0 amide bonds. The van der Waals surface area contributed by atoms with Crippen molar-refractivity contribution in [3.63, 3.8) is 0 Å². The van der Waals surface area contributed by atoms with E-state index in [1.807, 2.05) is 24.1 Å². The van der Waals surface area contributed by atoms with E-state index in [1.54, 1.807) is 6.33 Å². The highest BCUT2D eigenvalue weighted by atomic mass is 15.2. The lowest BCUT2D eigenvalue weighted by molar-refractivity contribution is 0.768. The van der Waals surface area contributed by atoms with Crippen molar-refractivity contribution in [3.8, 4) is 11.1 Å². The molecule has 0 fully saturated rings. The molecular weight excluding hydrogens is 364 g/mol. The third kappa shape index (κ3) is 2.98. The van der Waals surface area contributed by atoms with Crippen LogP contribution in [-0.2, 0) is 7.05 Å². The summed E-state index contributed by atoms with van der Waals surface area (Å²) in [4.78, 5) is 20.7. The summed E-state index contributed by atoms with van der Waals surface area (Å²) in [5.41, 5.74) is 5.59. The van der Waals surface area contributed by atoms with Crippen LogP contribution in [0.3, 0.4) is 0 Å². The number of H-pyrrole nitrogens is 1. The van der Waals surface area contributed by atoms with Crippen molar-refractivity contribution < 1.29 is 0 Å². The highest BCUT2D eigenvalue weighted by molar-refractivity contribution is 5.98. The minimum absolute atomic E-state index is 0.0402. The summed E-state index contributed by atoms with van der Waals surface area (Å²) in [5.74, 6) is 0.712. The molecule has 0 aliphatic heterocycles. The number of imidazole rings is 1. The van der Waals surface area contributed by atoms with Gasteiger partial charge in [-0.25, -0.2) is 15.0 Å². The highest BCUT2D eigenvalue weighted by Crippen LogP contribution is 2.32. The Kier molecular flexibility index (Phi) is 3.97. The van der Waals surface area contributed by atoms with Gasteiger partial charge >= 0.3 is 0 Å². The molecular formula is C21H20N8. The van der Waals surface area contributed by atoms with E-state index in [2.05, 4.69) is 68.5 Å². The van der Waals surface area contributed by atoms with Gasteiger partial charge in [-0.3, -0.25) is 9.67 Å². The molecule has 2 N–H and O–H groups in total. The number of aromatic amines is 1. The minimum Gasteiger partial charge on any atom is -0.360 e. The number of pyridine rings is 1. The maximum absolute atomic E-state index is 4.90. The largest absolute Gasteiger partial charge is 0.360 e. The van der Waals surface area contributed by atoms with Gasteiger partial charge in [0, 0.05) is 29.9 Å². The van der Waals surface area contributed by atoms with Crippen LogP contribution in [0.2, 0.25) is 0 Å². The van der Waals surface area contributed by atoms with Crippen LogP contribution in [0.1, 0.15) is 24.4 Å². The third-order valence-electron chi connectivity index (χ3n) is 5.09. The van der Waals surface area contributed by atoms with Gasteiger partial charge in [0.05, 0.1) is 24.3 Å². The topological polar surface area (TPSA) is 97.2 Å². The second-order valence-corrected chi connectivity index (χ2v) is 7.13. The summed E-state index contributed by atoms with van der Waals surface area (Å²) < 4.78 is 1.81. The van der Waals surface area contributed by atoms with Crippen LogP contribution in [0.5, 0.6) is 0 Å². The summed E-state index contributed by atoms with van der Waals surface area (Å²) in [6.45, 7) is 4.12. The molecule has 0 spiro atoms. The average Bonchev–Trinajstić information content (AvgIpc) is 3.37. The number of hydrogen-bond donors (Lipinski definition) is 2. The smallest absolute Gasteiger partial charge is 0.182 e. The number of hydrogen-bond acceptors (Lipinski definition) is 6. The van der Waals surface area contributed by atoms with Gasteiger partial charge in [0.25, 0.3) is 0 Å². The summed E-state index contributed by atoms with van der Waals surface area (Å²) in [7, 11) is 1.93. The molecule has 0 radical (unpaired) electrons. The van der Waals surface area contributed by atoms with Crippen LogP contribution in [0, 0.1) is 6.92 Å². The number of benzene rings is 1. The van der Waals surface area contributed by atoms with E-state index in [1.165, 1.54) is 6.33 Å². The molecule has 0 saturated carbocycles. The lowest BCUT2D eigenvalue weighted by Crippen LogP contribution is -2.11. The molecule has 0 saturated heterocycles. The Morgan fingerprint density at radius 2 is 2.07 bits per heavy atom. The maximum atomic E-state index is 4.90. The van der Waals surface area contributed by atoms with E-state index in [9.17, 15) is 0 Å². The molecule has 5 rings (SSSR count). The molecule has 8 heteroatoms. The van der Waals surface area contributed by atoms with E-state index in [4.69, 9.17) is 4.98 Å². The van der Waals surface area contributed by atoms with Gasteiger partial charge in [0.2, 0.25) is 0 Å². The predicted molar refractivity (Wildman–Crippen MR) is 112 cm³/mol. The van der Waals surface area contributed by atoms with E-state index in [0.29, 0.717) is 11.5 Å². The predicted octanol–water partition coefficient (Wildman–Crippen LogP) is 3.78. The lowest BCUT2D eigenvalue weighted by atomic mass is 9.98. The third-order valence-corrected chi connectivity index (χ3v) is 5.09. The number of aryl methyl sites for hydroxylation is 2. The Balaban J connectivity index is 1.55. The number of rotatable bonds is 4. The second kappa shape index (κ2) is 6.66. The summed E-state index contributed by atoms with van der Waals surface area (Å²) in [6.07, 6.45) is 7.04. The van der Waals surface area contributed by atoms with Crippen molar-refractivity contribution in [3.05, 3.63) is 60.7 Å². The van der Waals surface area contributed by atoms with Crippen LogP contribution in [0.25, 0.3) is 33.1 Å². The zero-order chi connectivity index (χ0) is 20.0. The average molecular weight is 384 g/mol. The van der Waals surface area contributed by atoms with Crippen molar-refractivity contribution in [2.45, 2.75) is 19.9 Å². The fourth-order valence-corrected chi connectivity index (χ4v) is 3.71. The Morgan fingerprint density at radius 3 is 2.90 bits per heavy atom. The SMILES string of the molecule is Cc1nc(C(C)Nc2ncnc3nc[nH]c23)cc2cccc(-c3cnn(C)c3)c12. The van der Waals surface area contributed by atoms with Crippen molar-refractivity contribution in [1.82, 2.24) is 34.7 Å². The van der Waals surface area contributed by atoms with Crippen molar-refractivity contribution in [1.29, 1.82) is 0 Å². The maximum Gasteiger partial charge on any atom is 0.182 e. The van der Waals surface area contributed by atoms with Crippen LogP contribution >= 0.6 is 0 Å². The monoisotopic (exact) mass is 384 g/mol. The van der Waals surface area contributed by atoms with E-state index in [-0.39, 0.29) is 6.04 Å². The molecule has 144 valence electrons. The number of aromatic nitrogens is 7. The van der Waals surface area contributed by atoms with E-state index >= 15 is 0 Å². The normalized spacial score (nSPS) is 12.5. The van der Waals surface area contributed by atoms with Crippen molar-refractivity contribution in [2.75, 3.05) is 5.32 Å². The van der Waals surface area contributed by atoms with Gasteiger partial charge in [0.1, 0.15) is 11.8 Å². The number of fused-ring (bicyclic) bond motifs is 2. The van der Waals surface area contributed by atoms with Crippen molar-refractivity contribution >= 4 is 27.8 Å². The molecule has 0 aliphatic carbocycles. The number of nitrogens with zero attached hydrogens (tertiary/aromatic N) is 6. The van der Waals surface area contributed by atoms with Crippen LogP contribution in [0.15, 0.2) is 49.3 Å². The first-order chi connectivity index (χ1) is 14.1. The first-order valence-electron chi connectivity index (χ1n) is 9.40. The van der Waals surface area contributed by atoms with Crippen LogP contribution < -0.4 is 5.32 Å². The number of nitrogens with one attached hydrogen (secondary N) is 2. The van der Waals surface area contributed by atoms with Gasteiger partial charge < -0.3 is 10.3 Å². The summed E-state index contributed by atoms with van der Waals surface area (Å²) >= 11 is 0. The molecule has 4 heterocycles. The lowest BCUT2D eigenvalue weighted by Gasteiger charge is -2.17. The second-order valence-electron chi connectivity index (χ2n) is 7.13. The Hall–Kier alpha value is -3.81. The van der Waals surface area contributed by atoms with Crippen molar-refractivity contribution in [2.24, 2.45) is 7.05 Å². The molecule has 4 aromatic heterocycles. The standard InChI is InChI=1S/C21H20N8/c1-12(28-21-19-20(23-10-22-19)24-11-25-21)17-7-14-5-4-6-16(18(14)13(2)27-17)15-8-26-29(3)9-15/h4-12H,1-3H3,(H2,22,23,24,25,28). The highest BCUT2D eigenvalue weighted by Gasteiger charge is 2.15. The summed E-state index contributed by atoms with van der Waals surface area (Å²) in [6, 6.07) is 8.40. The van der Waals surface area contributed by atoms with Gasteiger partial charge in [-0.05, 0) is 30.9 Å². The number of anilines is 1. The Morgan fingerprint density at radius 1 is 1.17 bits per heavy atom. The minimum atomic E-state index is -0.0402. The van der Waals surface area contributed by atoms with Gasteiger partial charge in [-0.1, -0.05) is 18.2 Å². The van der Waals surface area contributed by atoms with Gasteiger partial charge in [-0.15, -0.1) is 0 Å². The fourth-order valence-electron chi connectivity index (χ4n) is 3.71. The van der Waals surface area contributed by atoms with E-state index in [0.717, 1.165) is 38.8 Å². The Labute approximate surface area is 167 Å². The summed E-state index contributed by atoms with van der Waals surface area (Å²) in [5, 5.41) is 10.0. The van der Waals surface area contributed by atoms with Gasteiger partial charge in [-0.2, -0.15) is 5.10 Å². The van der Waals surface area contributed by atoms with Crippen LogP contribution in [0.4, 0.5) is 5.82 Å². The molecule has 5 aromatic rings. The molecule has 0 aliphatic rings. The zero-order valence-corrected chi connectivity index (χ0v) is 16.4. The van der Waals surface area contributed by atoms with E-state index < -0.39 is 0 Å². The van der Waals surface area contributed by atoms with Gasteiger partial charge in [0.15, 0.2) is 11.5 Å². The quantitative estimate of drug-likeness (QED) is 0.489. The van der Waals surface area contributed by atoms with Crippen LogP contribution in [-0.4, -0.2) is 34.7 Å². The fraction of sp³-hybridized carbons (Fsp3) is 0.190. The first-order valence-corrected chi connectivity index (χ1v) is 9.40. The Bertz CT molecular complexity index is 1330. The molecule has 1 aromatic carbocycles. The molecule has 1 atom stereocenters. The molecule has 0 bridgehead atoms. The first kappa shape index (κ1) is 17.3. The molecule has 1 unspecified atom stereocenters. The molecule has 8 nitrogen and oxygen atoms in total. The zero-order valence-electron chi connectivity index (χ0n) is 16.4.